The molecule has 144 valence electrons. The van der Waals surface area contributed by atoms with Crippen LogP contribution in [0.2, 0.25) is 0 Å². The Balaban J connectivity index is 2.39. The van der Waals surface area contributed by atoms with Gasteiger partial charge in [-0.1, -0.05) is 45.1 Å². The largest absolute Gasteiger partial charge is 0.481 e. The molecule has 5 heteroatoms. The average molecular weight is 354 g/mol. The summed E-state index contributed by atoms with van der Waals surface area (Å²) in [6, 6.07) is 0. The number of carboxylic acids is 1. The Kier molecular flexibility index (Phi) is 10.7. The number of unbranched alkanes of at least 4 members (excludes halogenated alkanes) is 5. The number of carbonyl (C=O) groups excluding carboxylic acids is 1. The predicted octanol–water partition coefficient (Wildman–Crippen LogP) is 3.48. The zero-order valence-corrected chi connectivity index (χ0v) is 15.4. The summed E-state index contributed by atoms with van der Waals surface area (Å²) in [5.41, 5.74) is 0. The Morgan fingerprint density at radius 3 is 2.32 bits per heavy atom. The molecule has 1 fully saturated rings. The van der Waals surface area contributed by atoms with Crippen molar-refractivity contribution >= 4 is 11.8 Å². The maximum Gasteiger partial charge on any atom is 0.303 e. The number of hydrogen-bond donors (Lipinski definition) is 3. The van der Waals surface area contributed by atoms with Crippen LogP contribution in [0.5, 0.6) is 0 Å². The lowest BCUT2D eigenvalue weighted by molar-refractivity contribution is -0.137. The third-order valence-corrected chi connectivity index (χ3v) is 5.13. The molecule has 0 unspecified atom stereocenters. The van der Waals surface area contributed by atoms with E-state index in [-0.39, 0.29) is 24.0 Å². The molecular weight excluding hydrogens is 320 g/mol. The quantitative estimate of drug-likeness (QED) is 0.348. The Bertz CT molecular complexity index is 432. The van der Waals surface area contributed by atoms with Gasteiger partial charge in [0, 0.05) is 25.2 Å². The average Bonchev–Trinajstić information content (AvgIpc) is 2.82. The van der Waals surface area contributed by atoms with E-state index < -0.39 is 18.2 Å². The molecule has 1 saturated carbocycles. The van der Waals surface area contributed by atoms with Crippen LogP contribution in [0, 0.1) is 11.8 Å². The van der Waals surface area contributed by atoms with Gasteiger partial charge in [0.2, 0.25) is 0 Å². The van der Waals surface area contributed by atoms with E-state index in [0.29, 0.717) is 19.3 Å². The molecule has 0 saturated heterocycles. The highest BCUT2D eigenvalue weighted by Gasteiger charge is 2.39. The van der Waals surface area contributed by atoms with E-state index in [9.17, 15) is 19.8 Å². The first-order valence-corrected chi connectivity index (χ1v) is 9.74. The van der Waals surface area contributed by atoms with Crippen molar-refractivity contribution in [3.63, 3.8) is 0 Å². The fourth-order valence-corrected chi connectivity index (χ4v) is 3.64. The zero-order valence-electron chi connectivity index (χ0n) is 15.4. The second kappa shape index (κ2) is 12.2. The molecule has 1 aliphatic carbocycles. The third kappa shape index (κ3) is 8.63. The van der Waals surface area contributed by atoms with E-state index in [1.54, 1.807) is 12.2 Å². The van der Waals surface area contributed by atoms with E-state index in [4.69, 9.17) is 5.11 Å². The lowest BCUT2D eigenvalue weighted by atomic mass is 9.88. The summed E-state index contributed by atoms with van der Waals surface area (Å²) >= 11 is 0. The van der Waals surface area contributed by atoms with Crippen LogP contribution in [0.25, 0.3) is 0 Å². The van der Waals surface area contributed by atoms with Crippen molar-refractivity contribution in [3.05, 3.63) is 12.2 Å². The molecule has 1 rings (SSSR count). The first-order chi connectivity index (χ1) is 12.0. The van der Waals surface area contributed by atoms with Crippen molar-refractivity contribution in [3.8, 4) is 0 Å². The summed E-state index contributed by atoms with van der Waals surface area (Å²) in [5, 5.41) is 29.0. The van der Waals surface area contributed by atoms with E-state index in [1.165, 1.54) is 0 Å². The lowest BCUT2D eigenvalue weighted by Gasteiger charge is -2.20. The van der Waals surface area contributed by atoms with Crippen LogP contribution in [0.4, 0.5) is 0 Å². The minimum absolute atomic E-state index is 0.0193. The van der Waals surface area contributed by atoms with Crippen molar-refractivity contribution in [2.24, 2.45) is 11.8 Å². The first-order valence-electron chi connectivity index (χ1n) is 9.74. The van der Waals surface area contributed by atoms with Gasteiger partial charge in [0.15, 0.2) is 5.78 Å². The molecule has 0 aromatic carbocycles. The highest BCUT2D eigenvalue weighted by molar-refractivity contribution is 5.89. The molecule has 0 aromatic heterocycles. The van der Waals surface area contributed by atoms with E-state index in [1.807, 2.05) is 0 Å². The molecule has 0 spiro atoms. The Labute approximate surface area is 151 Å². The van der Waals surface area contributed by atoms with Crippen molar-refractivity contribution in [2.75, 3.05) is 0 Å². The van der Waals surface area contributed by atoms with Gasteiger partial charge in [0.25, 0.3) is 0 Å². The van der Waals surface area contributed by atoms with Gasteiger partial charge < -0.3 is 15.3 Å². The van der Waals surface area contributed by atoms with Gasteiger partial charge in [0.1, 0.15) is 0 Å². The lowest BCUT2D eigenvalue weighted by Crippen LogP contribution is -2.20. The molecule has 3 N–H and O–H groups in total. The fraction of sp³-hybridized carbons (Fsp3) is 0.800. The van der Waals surface area contributed by atoms with Gasteiger partial charge in [-0.25, -0.2) is 0 Å². The number of aliphatic carboxylic acids is 1. The van der Waals surface area contributed by atoms with Crippen LogP contribution in [0.1, 0.15) is 77.6 Å². The highest BCUT2D eigenvalue weighted by atomic mass is 16.4. The smallest absolute Gasteiger partial charge is 0.303 e. The molecule has 25 heavy (non-hydrogen) atoms. The summed E-state index contributed by atoms with van der Waals surface area (Å²) in [6.07, 6.45) is 10.6. The minimum atomic E-state index is -0.761. The third-order valence-electron chi connectivity index (χ3n) is 5.13. The molecule has 5 nitrogen and oxygen atoms in total. The Morgan fingerprint density at radius 1 is 0.960 bits per heavy atom. The molecule has 0 aromatic rings. The SMILES string of the molecule is CCCCCC(=O)/C=C\[C@@H]1[C@@H](CCCCCCC(=O)O)[C@@H](O)C[C@H]1O. The van der Waals surface area contributed by atoms with Gasteiger partial charge >= 0.3 is 5.97 Å². The van der Waals surface area contributed by atoms with Crippen LogP contribution in [-0.2, 0) is 9.59 Å². The summed E-state index contributed by atoms with van der Waals surface area (Å²) in [4.78, 5) is 22.4. The zero-order chi connectivity index (χ0) is 18.7. The second-order valence-electron chi connectivity index (χ2n) is 7.24. The maximum absolute atomic E-state index is 11.9. The molecule has 0 amide bonds. The van der Waals surface area contributed by atoms with Crippen molar-refractivity contribution < 1.29 is 24.9 Å². The van der Waals surface area contributed by atoms with Gasteiger partial charge in [-0.3, -0.25) is 9.59 Å². The predicted molar refractivity (Wildman–Crippen MR) is 97.2 cm³/mol. The van der Waals surface area contributed by atoms with Crippen LogP contribution >= 0.6 is 0 Å². The number of rotatable bonds is 13. The van der Waals surface area contributed by atoms with Gasteiger partial charge in [-0.05, 0) is 31.3 Å². The number of aliphatic hydroxyl groups is 2. The molecule has 0 aliphatic heterocycles. The number of aliphatic hydroxyl groups excluding tert-OH is 2. The normalized spacial score (nSPS) is 26.4. The number of carbonyl (C=O) groups is 2. The van der Waals surface area contributed by atoms with Gasteiger partial charge in [-0.2, -0.15) is 0 Å². The van der Waals surface area contributed by atoms with Crippen LogP contribution in [-0.4, -0.2) is 39.3 Å². The monoisotopic (exact) mass is 354 g/mol. The molecule has 0 bridgehead atoms. The number of hydrogen-bond acceptors (Lipinski definition) is 4. The Morgan fingerprint density at radius 2 is 1.64 bits per heavy atom. The van der Waals surface area contributed by atoms with Crippen molar-refractivity contribution in [2.45, 2.75) is 89.8 Å². The standard InChI is InChI=1S/C20H34O5/c1-2-3-6-9-15(21)12-13-17-16(18(22)14-19(17)23)10-7-4-5-8-11-20(24)25/h12-13,16-19,22-23H,2-11,14H2,1H3,(H,24,25)/b13-12-/t16-,17-,18+,19-/m1/s1. The van der Waals surface area contributed by atoms with Crippen LogP contribution < -0.4 is 0 Å². The fourth-order valence-electron chi connectivity index (χ4n) is 3.64. The van der Waals surface area contributed by atoms with Crippen molar-refractivity contribution in [1.29, 1.82) is 0 Å². The summed E-state index contributed by atoms with van der Waals surface area (Å²) in [5.74, 6) is -0.851. The van der Waals surface area contributed by atoms with Gasteiger partial charge in [-0.15, -0.1) is 0 Å². The molecule has 1 aliphatic rings. The molecule has 0 radical (unpaired) electrons. The summed E-state index contributed by atoms with van der Waals surface area (Å²) in [6.45, 7) is 2.10. The highest BCUT2D eigenvalue weighted by Crippen LogP contribution is 2.37. The maximum atomic E-state index is 11.9. The number of allylic oxidation sites excluding steroid dienone is 1. The Hall–Kier alpha value is -1.20. The van der Waals surface area contributed by atoms with Gasteiger partial charge in [0.05, 0.1) is 12.2 Å². The number of carboxylic acid groups (broad SMARTS) is 1. The molecule has 0 heterocycles. The molecule has 4 atom stereocenters. The molecular formula is C20H34O5. The van der Waals surface area contributed by atoms with Crippen LogP contribution in [0.3, 0.4) is 0 Å². The number of ketones is 1. The summed E-state index contributed by atoms with van der Waals surface area (Å²) in [7, 11) is 0. The first kappa shape index (κ1) is 21.8. The van der Waals surface area contributed by atoms with Crippen LogP contribution in [0.15, 0.2) is 12.2 Å². The van der Waals surface area contributed by atoms with E-state index in [2.05, 4.69) is 6.92 Å². The van der Waals surface area contributed by atoms with E-state index in [0.717, 1.165) is 44.9 Å². The topological polar surface area (TPSA) is 94.8 Å². The second-order valence-corrected chi connectivity index (χ2v) is 7.24. The minimum Gasteiger partial charge on any atom is -0.481 e. The van der Waals surface area contributed by atoms with E-state index >= 15 is 0 Å². The van der Waals surface area contributed by atoms with Crippen molar-refractivity contribution in [1.82, 2.24) is 0 Å². The summed E-state index contributed by atoms with van der Waals surface area (Å²) < 4.78 is 0.